The SMILES string of the molecule is COc1ccc(Nc2cc(NCc3cccc(C)c3)nc(C)n2)cc1Cl. The number of nitrogens with zero attached hydrogens (tertiary/aromatic N) is 2. The Balaban J connectivity index is 1.74. The Bertz CT molecular complexity index is 914. The molecule has 0 aliphatic carbocycles. The van der Waals surface area contributed by atoms with Crippen LogP contribution in [0, 0.1) is 13.8 Å². The van der Waals surface area contributed by atoms with Crippen LogP contribution in [0.3, 0.4) is 0 Å². The van der Waals surface area contributed by atoms with Crippen LogP contribution in [0.15, 0.2) is 48.5 Å². The van der Waals surface area contributed by atoms with E-state index in [1.54, 1.807) is 13.2 Å². The third-order valence-electron chi connectivity index (χ3n) is 3.82. The Morgan fingerprint density at radius 3 is 2.54 bits per heavy atom. The van der Waals surface area contributed by atoms with Crippen molar-refractivity contribution >= 4 is 28.9 Å². The highest BCUT2D eigenvalue weighted by Gasteiger charge is 2.06. The second-order valence-electron chi connectivity index (χ2n) is 6.00. The molecule has 0 fully saturated rings. The third kappa shape index (κ3) is 4.64. The molecule has 0 unspecified atom stereocenters. The fraction of sp³-hybridized carbons (Fsp3) is 0.200. The number of hydrogen-bond acceptors (Lipinski definition) is 5. The number of benzene rings is 2. The van der Waals surface area contributed by atoms with Gasteiger partial charge in [0.25, 0.3) is 0 Å². The topological polar surface area (TPSA) is 59.1 Å². The molecule has 0 saturated carbocycles. The van der Waals surface area contributed by atoms with Crippen LogP contribution in [-0.4, -0.2) is 17.1 Å². The molecule has 0 radical (unpaired) electrons. The zero-order valence-corrected chi connectivity index (χ0v) is 15.8. The number of nitrogens with one attached hydrogen (secondary N) is 2. The Hall–Kier alpha value is -2.79. The predicted octanol–water partition coefficient (Wildman–Crippen LogP) is 5.11. The average molecular weight is 369 g/mol. The van der Waals surface area contributed by atoms with Gasteiger partial charge in [-0.3, -0.25) is 0 Å². The van der Waals surface area contributed by atoms with Gasteiger partial charge in [-0.05, 0) is 37.6 Å². The van der Waals surface area contributed by atoms with E-state index in [4.69, 9.17) is 16.3 Å². The van der Waals surface area contributed by atoms with Gasteiger partial charge in [0.15, 0.2) is 0 Å². The number of ether oxygens (including phenoxy) is 1. The summed E-state index contributed by atoms with van der Waals surface area (Å²) in [6, 6.07) is 15.8. The van der Waals surface area contributed by atoms with Gasteiger partial charge in [-0.1, -0.05) is 41.4 Å². The minimum absolute atomic E-state index is 0.543. The molecular formula is C20H21ClN4O. The van der Waals surface area contributed by atoms with E-state index >= 15 is 0 Å². The van der Waals surface area contributed by atoms with Gasteiger partial charge in [-0.25, -0.2) is 9.97 Å². The molecule has 0 amide bonds. The quantitative estimate of drug-likeness (QED) is 0.633. The molecule has 1 aromatic heterocycles. The Kier molecular flexibility index (Phi) is 5.58. The van der Waals surface area contributed by atoms with Gasteiger partial charge < -0.3 is 15.4 Å². The molecule has 2 N–H and O–H groups in total. The van der Waals surface area contributed by atoms with Crippen LogP contribution in [0.25, 0.3) is 0 Å². The first-order valence-corrected chi connectivity index (χ1v) is 8.67. The van der Waals surface area contributed by atoms with Crippen molar-refractivity contribution in [2.24, 2.45) is 0 Å². The van der Waals surface area contributed by atoms with Gasteiger partial charge in [0, 0.05) is 18.3 Å². The number of aryl methyl sites for hydroxylation is 2. The zero-order chi connectivity index (χ0) is 18.5. The largest absolute Gasteiger partial charge is 0.495 e. The fourth-order valence-corrected chi connectivity index (χ4v) is 2.89. The van der Waals surface area contributed by atoms with Crippen molar-refractivity contribution < 1.29 is 4.74 Å². The first-order valence-electron chi connectivity index (χ1n) is 8.29. The van der Waals surface area contributed by atoms with E-state index < -0.39 is 0 Å². The maximum absolute atomic E-state index is 6.18. The van der Waals surface area contributed by atoms with Gasteiger partial charge in [0.2, 0.25) is 0 Å². The van der Waals surface area contributed by atoms with E-state index in [0.29, 0.717) is 29.0 Å². The molecule has 2 aromatic carbocycles. The van der Waals surface area contributed by atoms with E-state index in [9.17, 15) is 0 Å². The van der Waals surface area contributed by atoms with E-state index in [-0.39, 0.29) is 0 Å². The van der Waals surface area contributed by atoms with Gasteiger partial charge in [-0.15, -0.1) is 0 Å². The summed E-state index contributed by atoms with van der Waals surface area (Å²) < 4.78 is 5.18. The van der Waals surface area contributed by atoms with Gasteiger partial charge in [0.1, 0.15) is 23.2 Å². The molecule has 0 spiro atoms. The number of halogens is 1. The van der Waals surface area contributed by atoms with E-state index in [1.807, 2.05) is 25.1 Å². The van der Waals surface area contributed by atoms with Crippen LogP contribution in [0.5, 0.6) is 5.75 Å². The lowest BCUT2D eigenvalue weighted by Gasteiger charge is -2.11. The Morgan fingerprint density at radius 2 is 1.81 bits per heavy atom. The normalized spacial score (nSPS) is 10.5. The number of methoxy groups -OCH3 is 1. The van der Waals surface area contributed by atoms with Crippen molar-refractivity contribution in [3.8, 4) is 5.75 Å². The molecule has 134 valence electrons. The summed E-state index contributed by atoms with van der Waals surface area (Å²) in [5, 5.41) is 7.14. The third-order valence-corrected chi connectivity index (χ3v) is 4.11. The summed E-state index contributed by atoms with van der Waals surface area (Å²) >= 11 is 6.18. The molecule has 0 aliphatic heterocycles. The lowest BCUT2D eigenvalue weighted by atomic mass is 10.1. The van der Waals surface area contributed by atoms with Crippen molar-refractivity contribution in [2.45, 2.75) is 20.4 Å². The highest BCUT2D eigenvalue weighted by atomic mass is 35.5. The molecule has 0 bridgehead atoms. The Morgan fingerprint density at radius 1 is 1.00 bits per heavy atom. The molecule has 26 heavy (non-hydrogen) atoms. The molecule has 3 rings (SSSR count). The van der Waals surface area contributed by atoms with Crippen LogP contribution < -0.4 is 15.4 Å². The number of rotatable bonds is 6. The molecule has 0 atom stereocenters. The van der Waals surface area contributed by atoms with Crippen LogP contribution in [0.1, 0.15) is 17.0 Å². The zero-order valence-electron chi connectivity index (χ0n) is 15.0. The minimum atomic E-state index is 0.543. The summed E-state index contributed by atoms with van der Waals surface area (Å²) in [6.45, 7) is 4.65. The Labute approximate surface area is 158 Å². The van der Waals surface area contributed by atoms with Crippen LogP contribution in [0.2, 0.25) is 5.02 Å². The maximum atomic E-state index is 6.18. The van der Waals surface area contributed by atoms with E-state index in [1.165, 1.54) is 11.1 Å². The second-order valence-corrected chi connectivity index (χ2v) is 6.41. The summed E-state index contributed by atoms with van der Waals surface area (Å²) in [5.41, 5.74) is 3.28. The molecule has 5 nitrogen and oxygen atoms in total. The van der Waals surface area contributed by atoms with Crippen molar-refractivity contribution in [3.63, 3.8) is 0 Å². The highest BCUT2D eigenvalue weighted by Crippen LogP contribution is 2.28. The fourth-order valence-electron chi connectivity index (χ4n) is 2.63. The monoisotopic (exact) mass is 368 g/mol. The first kappa shape index (κ1) is 18.0. The lowest BCUT2D eigenvalue weighted by molar-refractivity contribution is 0.415. The number of anilines is 3. The van der Waals surface area contributed by atoms with Crippen LogP contribution in [-0.2, 0) is 6.54 Å². The second kappa shape index (κ2) is 8.06. The van der Waals surface area contributed by atoms with E-state index in [0.717, 1.165) is 11.5 Å². The van der Waals surface area contributed by atoms with Crippen molar-refractivity contribution in [3.05, 3.63) is 70.5 Å². The summed E-state index contributed by atoms with van der Waals surface area (Å²) in [6.07, 6.45) is 0. The molecule has 0 saturated heterocycles. The molecule has 3 aromatic rings. The summed E-state index contributed by atoms with van der Waals surface area (Å²) in [7, 11) is 1.59. The van der Waals surface area contributed by atoms with Crippen LogP contribution >= 0.6 is 11.6 Å². The average Bonchev–Trinajstić information content (AvgIpc) is 2.60. The van der Waals surface area contributed by atoms with Crippen molar-refractivity contribution in [2.75, 3.05) is 17.7 Å². The smallest absolute Gasteiger partial charge is 0.137 e. The van der Waals surface area contributed by atoms with Crippen molar-refractivity contribution in [1.29, 1.82) is 0 Å². The molecule has 6 heteroatoms. The molecular weight excluding hydrogens is 348 g/mol. The minimum Gasteiger partial charge on any atom is -0.495 e. The molecule has 0 aliphatic rings. The highest BCUT2D eigenvalue weighted by molar-refractivity contribution is 6.32. The standard InChI is InChI=1S/C20H21ClN4O/c1-13-5-4-6-15(9-13)12-22-19-11-20(24-14(2)23-19)25-16-7-8-18(26-3)17(21)10-16/h4-11H,12H2,1-3H3,(H2,22,23,24,25). The van der Waals surface area contributed by atoms with Gasteiger partial charge in [-0.2, -0.15) is 0 Å². The van der Waals surface area contributed by atoms with Crippen molar-refractivity contribution in [1.82, 2.24) is 9.97 Å². The summed E-state index contributed by atoms with van der Waals surface area (Å²) in [5.74, 6) is 2.78. The number of hydrogen-bond donors (Lipinski definition) is 2. The number of aromatic nitrogens is 2. The summed E-state index contributed by atoms with van der Waals surface area (Å²) in [4.78, 5) is 8.88. The lowest BCUT2D eigenvalue weighted by Crippen LogP contribution is -2.05. The maximum Gasteiger partial charge on any atom is 0.137 e. The first-order chi connectivity index (χ1) is 12.5. The predicted molar refractivity (Wildman–Crippen MR) is 107 cm³/mol. The van der Waals surface area contributed by atoms with Crippen LogP contribution in [0.4, 0.5) is 17.3 Å². The van der Waals surface area contributed by atoms with Gasteiger partial charge in [0.05, 0.1) is 12.1 Å². The molecule has 1 heterocycles. The van der Waals surface area contributed by atoms with Gasteiger partial charge >= 0.3 is 0 Å². The van der Waals surface area contributed by atoms with E-state index in [2.05, 4.69) is 51.8 Å².